The summed E-state index contributed by atoms with van der Waals surface area (Å²) >= 11 is 0. The quantitative estimate of drug-likeness (QED) is 0.875. The van der Waals surface area contributed by atoms with Crippen molar-refractivity contribution in [2.24, 2.45) is 5.73 Å². The predicted octanol–water partition coefficient (Wildman–Crippen LogP) is 2.13. The number of hydrogen-bond donors (Lipinski definition) is 1. The number of methoxy groups -OCH3 is 1. The van der Waals surface area contributed by atoms with Gasteiger partial charge in [-0.1, -0.05) is 12.1 Å². The van der Waals surface area contributed by atoms with E-state index in [1.54, 1.807) is 13.3 Å². The SMILES string of the molecule is COc1cccc(COc2ccc(CN)nc2)c1. The van der Waals surface area contributed by atoms with E-state index in [1.165, 1.54) is 0 Å². The Morgan fingerprint density at radius 2 is 2.06 bits per heavy atom. The Morgan fingerprint density at radius 3 is 2.72 bits per heavy atom. The minimum Gasteiger partial charge on any atom is -0.497 e. The number of ether oxygens (including phenoxy) is 2. The Hall–Kier alpha value is -2.07. The molecule has 0 unspecified atom stereocenters. The van der Waals surface area contributed by atoms with Crippen molar-refractivity contribution in [3.63, 3.8) is 0 Å². The fourth-order valence-corrected chi connectivity index (χ4v) is 1.55. The number of aromatic nitrogens is 1. The molecule has 0 saturated heterocycles. The third-order valence-corrected chi connectivity index (χ3v) is 2.55. The normalized spacial score (nSPS) is 10.1. The van der Waals surface area contributed by atoms with Crippen LogP contribution in [0.3, 0.4) is 0 Å². The number of hydrogen-bond acceptors (Lipinski definition) is 4. The smallest absolute Gasteiger partial charge is 0.138 e. The molecule has 4 heteroatoms. The fraction of sp³-hybridized carbons (Fsp3) is 0.214. The minimum atomic E-state index is 0.441. The topological polar surface area (TPSA) is 57.4 Å². The maximum absolute atomic E-state index is 5.63. The molecule has 0 bridgehead atoms. The van der Waals surface area contributed by atoms with E-state index in [-0.39, 0.29) is 0 Å². The molecule has 0 amide bonds. The van der Waals surface area contributed by atoms with E-state index in [1.807, 2.05) is 36.4 Å². The zero-order valence-corrected chi connectivity index (χ0v) is 10.3. The average molecular weight is 244 g/mol. The van der Waals surface area contributed by atoms with Gasteiger partial charge >= 0.3 is 0 Å². The van der Waals surface area contributed by atoms with Crippen LogP contribution in [0.2, 0.25) is 0 Å². The van der Waals surface area contributed by atoms with Crippen molar-refractivity contribution in [2.75, 3.05) is 7.11 Å². The number of benzene rings is 1. The first-order valence-electron chi connectivity index (χ1n) is 5.72. The minimum absolute atomic E-state index is 0.441. The summed E-state index contributed by atoms with van der Waals surface area (Å²) in [5, 5.41) is 0. The first-order chi connectivity index (χ1) is 8.81. The molecule has 4 nitrogen and oxygen atoms in total. The monoisotopic (exact) mass is 244 g/mol. The number of nitrogens with two attached hydrogens (primary N) is 1. The highest BCUT2D eigenvalue weighted by Gasteiger charge is 1.99. The van der Waals surface area contributed by atoms with Gasteiger partial charge in [-0.25, -0.2) is 0 Å². The van der Waals surface area contributed by atoms with E-state index in [9.17, 15) is 0 Å². The molecule has 0 aliphatic heterocycles. The zero-order chi connectivity index (χ0) is 12.8. The van der Waals surface area contributed by atoms with Crippen molar-refractivity contribution in [1.82, 2.24) is 4.98 Å². The van der Waals surface area contributed by atoms with Crippen molar-refractivity contribution in [3.8, 4) is 11.5 Å². The third kappa shape index (κ3) is 3.21. The van der Waals surface area contributed by atoms with Crippen LogP contribution in [0.5, 0.6) is 11.5 Å². The van der Waals surface area contributed by atoms with Crippen LogP contribution in [0, 0.1) is 0 Å². The Kier molecular flexibility index (Phi) is 4.15. The lowest BCUT2D eigenvalue weighted by Gasteiger charge is -2.07. The van der Waals surface area contributed by atoms with Crippen molar-refractivity contribution in [2.45, 2.75) is 13.2 Å². The standard InChI is InChI=1S/C14H16N2O2/c1-17-13-4-2-3-11(7-13)10-18-14-6-5-12(8-15)16-9-14/h2-7,9H,8,10,15H2,1H3. The molecule has 18 heavy (non-hydrogen) atoms. The average Bonchev–Trinajstić information content (AvgIpc) is 2.46. The third-order valence-electron chi connectivity index (χ3n) is 2.55. The lowest BCUT2D eigenvalue weighted by molar-refractivity contribution is 0.304. The van der Waals surface area contributed by atoms with E-state index >= 15 is 0 Å². The molecule has 1 heterocycles. The van der Waals surface area contributed by atoms with Gasteiger partial charge in [0.1, 0.15) is 18.1 Å². The van der Waals surface area contributed by atoms with Crippen LogP contribution < -0.4 is 15.2 Å². The van der Waals surface area contributed by atoms with Crippen LogP contribution in [0.4, 0.5) is 0 Å². The van der Waals surface area contributed by atoms with Gasteiger partial charge in [-0.2, -0.15) is 0 Å². The second-order valence-electron chi connectivity index (χ2n) is 3.83. The highest BCUT2D eigenvalue weighted by Crippen LogP contribution is 2.15. The van der Waals surface area contributed by atoms with Crippen LogP contribution in [0.15, 0.2) is 42.6 Å². The molecule has 0 atom stereocenters. The van der Waals surface area contributed by atoms with Crippen LogP contribution in [-0.2, 0) is 13.2 Å². The van der Waals surface area contributed by atoms with Gasteiger partial charge in [-0.15, -0.1) is 0 Å². The molecular formula is C14H16N2O2. The fourth-order valence-electron chi connectivity index (χ4n) is 1.55. The first kappa shape index (κ1) is 12.4. The number of rotatable bonds is 5. The maximum Gasteiger partial charge on any atom is 0.138 e. The number of pyridine rings is 1. The summed E-state index contributed by atoms with van der Waals surface area (Å²) in [5.41, 5.74) is 7.38. The molecular weight excluding hydrogens is 228 g/mol. The van der Waals surface area contributed by atoms with Gasteiger partial charge in [-0.05, 0) is 29.8 Å². The Morgan fingerprint density at radius 1 is 1.17 bits per heavy atom. The van der Waals surface area contributed by atoms with E-state index in [2.05, 4.69) is 4.98 Å². The summed E-state index contributed by atoms with van der Waals surface area (Å²) in [5.74, 6) is 1.56. The van der Waals surface area contributed by atoms with Crippen LogP contribution in [-0.4, -0.2) is 12.1 Å². The van der Waals surface area contributed by atoms with Crippen molar-refractivity contribution < 1.29 is 9.47 Å². The van der Waals surface area contributed by atoms with Crippen molar-refractivity contribution >= 4 is 0 Å². The van der Waals surface area contributed by atoms with Gasteiger partial charge in [0.05, 0.1) is 19.0 Å². The molecule has 0 aliphatic rings. The zero-order valence-electron chi connectivity index (χ0n) is 10.3. The second-order valence-corrected chi connectivity index (χ2v) is 3.83. The van der Waals surface area contributed by atoms with E-state index < -0.39 is 0 Å². The Labute approximate surface area is 106 Å². The molecule has 94 valence electrons. The molecule has 0 fully saturated rings. The summed E-state index contributed by atoms with van der Waals surface area (Å²) in [4.78, 5) is 4.17. The predicted molar refractivity (Wildman–Crippen MR) is 69.5 cm³/mol. The molecule has 1 aromatic heterocycles. The van der Waals surface area contributed by atoms with E-state index in [0.717, 1.165) is 22.8 Å². The molecule has 0 spiro atoms. The van der Waals surface area contributed by atoms with Gasteiger partial charge in [0.25, 0.3) is 0 Å². The Bertz CT molecular complexity index is 497. The molecule has 2 rings (SSSR count). The van der Waals surface area contributed by atoms with Gasteiger partial charge in [0.15, 0.2) is 0 Å². The van der Waals surface area contributed by atoms with E-state index in [0.29, 0.717) is 13.2 Å². The first-order valence-corrected chi connectivity index (χ1v) is 5.72. The molecule has 2 aromatic rings. The highest BCUT2D eigenvalue weighted by molar-refractivity contribution is 5.28. The van der Waals surface area contributed by atoms with Gasteiger partial charge in [0.2, 0.25) is 0 Å². The van der Waals surface area contributed by atoms with Crippen molar-refractivity contribution in [3.05, 3.63) is 53.9 Å². The van der Waals surface area contributed by atoms with Crippen molar-refractivity contribution in [1.29, 1.82) is 0 Å². The molecule has 0 aliphatic carbocycles. The number of nitrogens with zero attached hydrogens (tertiary/aromatic N) is 1. The molecule has 0 saturated carbocycles. The van der Waals surface area contributed by atoms with Gasteiger partial charge in [-0.3, -0.25) is 4.98 Å². The van der Waals surface area contributed by atoms with Crippen LogP contribution >= 0.6 is 0 Å². The highest BCUT2D eigenvalue weighted by atomic mass is 16.5. The maximum atomic E-state index is 5.63. The Balaban J connectivity index is 1.97. The molecule has 1 aromatic carbocycles. The summed E-state index contributed by atoms with van der Waals surface area (Å²) in [6.45, 7) is 0.928. The molecule has 0 radical (unpaired) electrons. The lowest BCUT2D eigenvalue weighted by Crippen LogP contribution is -2.00. The van der Waals surface area contributed by atoms with Gasteiger partial charge in [0, 0.05) is 6.54 Å². The summed E-state index contributed by atoms with van der Waals surface area (Å²) < 4.78 is 10.8. The largest absolute Gasteiger partial charge is 0.497 e. The van der Waals surface area contributed by atoms with Crippen LogP contribution in [0.1, 0.15) is 11.3 Å². The summed E-state index contributed by atoms with van der Waals surface area (Å²) in [6, 6.07) is 11.5. The summed E-state index contributed by atoms with van der Waals surface area (Å²) in [7, 11) is 1.65. The second kappa shape index (κ2) is 6.02. The summed E-state index contributed by atoms with van der Waals surface area (Å²) in [6.07, 6.45) is 1.68. The lowest BCUT2D eigenvalue weighted by atomic mass is 10.2. The van der Waals surface area contributed by atoms with Gasteiger partial charge < -0.3 is 15.2 Å². The van der Waals surface area contributed by atoms with E-state index in [4.69, 9.17) is 15.2 Å². The van der Waals surface area contributed by atoms with Crippen LogP contribution in [0.25, 0.3) is 0 Å². The molecule has 2 N–H and O–H groups in total.